The molecule has 0 spiro atoms. The van der Waals surface area contributed by atoms with Gasteiger partial charge in [0.05, 0.1) is 6.04 Å². The topological polar surface area (TPSA) is 63.1 Å². The van der Waals surface area contributed by atoms with Crippen LogP contribution in [0.1, 0.15) is 76.0 Å². The van der Waals surface area contributed by atoms with Crippen molar-refractivity contribution in [1.29, 1.82) is 0 Å². The standard InChI is InChI=1S/C18H29N5O/c1-2-18(9-10-18)13-19-17(24)22-12-6-7-14(22)16-21-20-15-8-4-3-5-11-23(15)16/h14H,2-13H2,1H3,(H,19,24). The third kappa shape index (κ3) is 2.91. The Morgan fingerprint density at radius 2 is 2.08 bits per heavy atom. The molecule has 1 saturated heterocycles. The van der Waals surface area contributed by atoms with Crippen LogP contribution in [0.2, 0.25) is 0 Å². The molecule has 1 saturated carbocycles. The zero-order valence-electron chi connectivity index (χ0n) is 14.8. The van der Waals surface area contributed by atoms with Crippen LogP contribution in [-0.2, 0) is 13.0 Å². The van der Waals surface area contributed by atoms with Crippen LogP contribution in [-0.4, -0.2) is 38.8 Å². The summed E-state index contributed by atoms with van der Waals surface area (Å²) in [6, 6.07) is 0.185. The van der Waals surface area contributed by atoms with E-state index in [-0.39, 0.29) is 12.1 Å². The van der Waals surface area contributed by atoms with E-state index in [0.29, 0.717) is 5.41 Å². The van der Waals surface area contributed by atoms with Gasteiger partial charge < -0.3 is 14.8 Å². The largest absolute Gasteiger partial charge is 0.337 e. The Morgan fingerprint density at radius 3 is 2.88 bits per heavy atom. The highest BCUT2D eigenvalue weighted by molar-refractivity contribution is 5.75. The van der Waals surface area contributed by atoms with Crippen LogP contribution in [0.4, 0.5) is 4.79 Å². The quantitative estimate of drug-likeness (QED) is 0.922. The van der Waals surface area contributed by atoms with Crippen LogP contribution in [0.5, 0.6) is 0 Å². The first-order valence-corrected chi connectivity index (χ1v) is 9.69. The van der Waals surface area contributed by atoms with Crippen LogP contribution >= 0.6 is 0 Å². The minimum atomic E-state index is 0.0863. The van der Waals surface area contributed by atoms with Crippen LogP contribution in [0.25, 0.3) is 0 Å². The number of fused-ring (bicyclic) bond motifs is 1. The molecule has 132 valence electrons. The highest BCUT2D eigenvalue weighted by Crippen LogP contribution is 2.48. The molecule has 1 atom stereocenters. The molecule has 1 aromatic rings. The van der Waals surface area contributed by atoms with Crippen molar-refractivity contribution in [3.63, 3.8) is 0 Å². The second kappa shape index (κ2) is 6.37. The van der Waals surface area contributed by atoms with Crippen molar-refractivity contribution >= 4 is 6.03 Å². The van der Waals surface area contributed by atoms with Gasteiger partial charge in [0.15, 0.2) is 5.82 Å². The van der Waals surface area contributed by atoms with Gasteiger partial charge in [0.1, 0.15) is 5.82 Å². The zero-order chi connectivity index (χ0) is 16.6. The van der Waals surface area contributed by atoms with Crippen molar-refractivity contribution in [2.24, 2.45) is 5.41 Å². The van der Waals surface area contributed by atoms with Crippen molar-refractivity contribution < 1.29 is 4.79 Å². The Bertz CT molecular complexity index is 607. The summed E-state index contributed by atoms with van der Waals surface area (Å²) >= 11 is 0. The number of nitrogens with one attached hydrogen (secondary N) is 1. The van der Waals surface area contributed by atoms with E-state index in [0.717, 1.165) is 57.0 Å². The number of amides is 2. The summed E-state index contributed by atoms with van der Waals surface area (Å²) in [4.78, 5) is 14.7. The van der Waals surface area contributed by atoms with Gasteiger partial charge in [0.25, 0.3) is 0 Å². The Labute approximate surface area is 144 Å². The maximum atomic E-state index is 12.7. The lowest BCUT2D eigenvalue weighted by molar-refractivity contribution is 0.187. The Morgan fingerprint density at radius 1 is 1.21 bits per heavy atom. The van der Waals surface area contributed by atoms with Crippen molar-refractivity contribution in [3.8, 4) is 0 Å². The number of carbonyl (C=O) groups is 1. The summed E-state index contributed by atoms with van der Waals surface area (Å²) in [5, 5.41) is 12.1. The molecule has 2 fully saturated rings. The molecule has 2 aliphatic heterocycles. The first-order chi connectivity index (χ1) is 11.7. The second-order valence-electron chi connectivity index (χ2n) is 7.80. The van der Waals surface area contributed by atoms with Gasteiger partial charge in [-0.1, -0.05) is 13.3 Å². The first kappa shape index (κ1) is 15.9. The fraction of sp³-hybridized carbons (Fsp3) is 0.833. The molecule has 6 heteroatoms. The lowest BCUT2D eigenvalue weighted by Gasteiger charge is -2.26. The summed E-state index contributed by atoms with van der Waals surface area (Å²) in [6.45, 7) is 4.88. The SMILES string of the molecule is CCC1(CNC(=O)N2CCCC2c2nnc3n2CCCCC3)CC1. The number of rotatable bonds is 4. The van der Waals surface area contributed by atoms with E-state index in [9.17, 15) is 4.79 Å². The minimum Gasteiger partial charge on any atom is -0.337 e. The number of carbonyl (C=O) groups excluding carboxylic acids is 1. The lowest BCUT2D eigenvalue weighted by Crippen LogP contribution is -2.42. The summed E-state index contributed by atoms with van der Waals surface area (Å²) in [6.07, 6.45) is 10.4. The fourth-order valence-corrected chi connectivity index (χ4v) is 4.23. The molecule has 3 heterocycles. The summed E-state index contributed by atoms with van der Waals surface area (Å²) in [5.41, 5.74) is 0.386. The zero-order valence-corrected chi connectivity index (χ0v) is 14.8. The highest BCUT2D eigenvalue weighted by atomic mass is 16.2. The number of aromatic nitrogens is 3. The van der Waals surface area contributed by atoms with Crippen molar-refractivity contribution in [1.82, 2.24) is 25.0 Å². The Hall–Kier alpha value is -1.59. The maximum absolute atomic E-state index is 12.7. The Kier molecular flexibility index (Phi) is 4.22. The van der Waals surface area contributed by atoms with Gasteiger partial charge in [-0.25, -0.2) is 4.79 Å². The van der Waals surface area contributed by atoms with Crippen molar-refractivity contribution in [3.05, 3.63) is 11.6 Å². The first-order valence-electron chi connectivity index (χ1n) is 9.69. The smallest absolute Gasteiger partial charge is 0.318 e. The number of likely N-dealkylation sites (tertiary alicyclic amines) is 1. The van der Waals surface area contributed by atoms with E-state index in [1.807, 2.05) is 4.90 Å². The Balaban J connectivity index is 1.47. The summed E-state index contributed by atoms with van der Waals surface area (Å²) in [7, 11) is 0. The molecule has 1 N–H and O–H groups in total. The second-order valence-corrected chi connectivity index (χ2v) is 7.80. The number of hydrogen-bond donors (Lipinski definition) is 1. The van der Waals surface area contributed by atoms with E-state index >= 15 is 0 Å². The van der Waals surface area contributed by atoms with Gasteiger partial charge in [0.2, 0.25) is 0 Å². The molecular formula is C18H29N5O. The molecule has 1 aromatic heterocycles. The van der Waals surface area contributed by atoms with Gasteiger partial charge in [0, 0.05) is 26.1 Å². The molecule has 0 aromatic carbocycles. The van der Waals surface area contributed by atoms with E-state index in [2.05, 4.69) is 27.0 Å². The summed E-state index contributed by atoms with van der Waals surface area (Å²) < 4.78 is 2.29. The van der Waals surface area contributed by atoms with E-state index in [1.54, 1.807) is 0 Å². The van der Waals surface area contributed by atoms with Crippen molar-refractivity contribution in [2.45, 2.75) is 77.3 Å². The molecule has 6 nitrogen and oxygen atoms in total. The number of nitrogens with zero attached hydrogens (tertiary/aromatic N) is 4. The van der Waals surface area contributed by atoms with Crippen LogP contribution < -0.4 is 5.32 Å². The number of aryl methyl sites for hydroxylation is 1. The molecule has 24 heavy (non-hydrogen) atoms. The van der Waals surface area contributed by atoms with Gasteiger partial charge in [-0.05, 0) is 50.4 Å². The average Bonchev–Trinajstić information content (AvgIpc) is 3.14. The number of hydrogen-bond acceptors (Lipinski definition) is 3. The van der Waals surface area contributed by atoms with Crippen LogP contribution in [0.3, 0.4) is 0 Å². The average molecular weight is 331 g/mol. The molecule has 0 radical (unpaired) electrons. The molecule has 2 amide bonds. The highest BCUT2D eigenvalue weighted by Gasteiger charge is 2.42. The molecule has 0 bridgehead atoms. The van der Waals surface area contributed by atoms with Crippen molar-refractivity contribution in [2.75, 3.05) is 13.1 Å². The van der Waals surface area contributed by atoms with Gasteiger partial charge in [-0.3, -0.25) is 0 Å². The minimum absolute atomic E-state index is 0.0863. The third-order valence-electron chi connectivity index (χ3n) is 6.27. The van der Waals surface area contributed by atoms with Gasteiger partial charge in [-0.2, -0.15) is 0 Å². The van der Waals surface area contributed by atoms with Crippen LogP contribution in [0.15, 0.2) is 0 Å². The monoisotopic (exact) mass is 331 g/mol. The normalized spacial score (nSPS) is 25.2. The fourth-order valence-electron chi connectivity index (χ4n) is 4.23. The van der Waals surface area contributed by atoms with E-state index in [4.69, 9.17) is 0 Å². The number of urea groups is 1. The third-order valence-corrected chi connectivity index (χ3v) is 6.27. The predicted octanol–water partition coefficient (Wildman–Crippen LogP) is 3.04. The molecular weight excluding hydrogens is 302 g/mol. The molecule has 1 aliphatic carbocycles. The van der Waals surface area contributed by atoms with Gasteiger partial charge >= 0.3 is 6.03 Å². The maximum Gasteiger partial charge on any atom is 0.318 e. The van der Waals surface area contributed by atoms with E-state index < -0.39 is 0 Å². The summed E-state index contributed by atoms with van der Waals surface area (Å²) in [5.74, 6) is 2.12. The predicted molar refractivity (Wildman–Crippen MR) is 91.6 cm³/mol. The van der Waals surface area contributed by atoms with Crippen LogP contribution in [0, 0.1) is 5.41 Å². The van der Waals surface area contributed by atoms with E-state index in [1.165, 1.54) is 32.1 Å². The van der Waals surface area contributed by atoms with Gasteiger partial charge in [-0.15, -0.1) is 10.2 Å². The molecule has 4 rings (SSSR count). The molecule has 3 aliphatic rings. The molecule has 1 unspecified atom stereocenters. The lowest BCUT2D eigenvalue weighted by atomic mass is 10.0.